The molecule has 0 fully saturated rings. The van der Waals surface area contributed by atoms with Crippen molar-refractivity contribution in [3.8, 4) is 0 Å². The first-order valence-electron chi connectivity index (χ1n) is 17.2. The van der Waals surface area contributed by atoms with Crippen molar-refractivity contribution < 1.29 is 77.8 Å². The molecule has 2 aromatic heterocycles. The molecule has 361 valence electrons. The van der Waals surface area contributed by atoms with Crippen LogP contribution in [0.2, 0.25) is 10.6 Å². The van der Waals surface area contributed by atoms with Crippen LogP contribution in [0.4, 0.5) is 46.5 Å². The number of anilines is 8. The second-order valence-electron chi connectivity index (χ2n) is 13.0. The van der Waals surface area contributed by atoms with E-state index in [-0.39, 0.29) is 52.1 Å². The predicted molar refractivity (Wildman–Crippen MR) is 242 cm³/mol. The number of rotatable bonds is 16. The fraction of sp³-hybridized carbons (Fsp3) is 0. The maximum Gasteiger partial charge on any atom is 0.296 e. The molecule has 0 unspecified atom stereocenters. The zero-order valence-electron chi connectivity index (χ0n) is 33.6. The molecule has 0 aliphatic rings. The standard InChI is InChI=1S/C32H24Cl2N10O18S6.Na/c33-27-39-29(43-31(41-27)37-21-13-19(63(45,46)47)7-9-23(21)65(51,52)53)35-17-5-3-15(25(11-17)67(57,58)59)1-2-16-4-6-18(12-26(16)68(60,61)62)36-30-40-28(34)42-32(44-30)38-22-14-20(64(48,49)50)8-10-24(22)66(54,55)56;/h1-14H,(H,45,46,47)(H,48,49,50)(H,51,52,53)(H,54,55,56)(H,57,58,59)(H,60,61,62)(H2,35,37,39,41,43)(H2,36,38,40,42,44);. The Bertz CT molecular complexity index is 3560. The van der Waals surface area contributed by atoms with Gasteiger partial charge in [0, 0.05) is 40.9 Å². The molecule has 0 atom stereocenters. The van der Waals surface area contributed by atoms with Gasteiger partial charge in [-0.1, -0.05) is 24.3 Å². The molecule has 0 spiro atoms. The third-order valence-electron chi connectivity index (χ3n) is 8.30. The van der Waals surface area contributed by atoms with E-state index in [1.165, 1.54) is 12.1 Å². The average molecular weight is 1120 g/mol. The van der Waals surface area contributed by atoms with Crippen molar-refractivity contribution in [2.24, 2.45) is 0 Å². The Morgan fingerprint density at radius 2 is 0.681 bits per heavy atom. The van der Waals surface area contributed by atoms with E-state index >= 15 is 0 Å². The van der Waals surface area contributed by atoms with Crippen LogP contribution in [0.3, 0.4) is 0 Å². The molecule has 4 aromatic carbocycles. The van der Waals surface area contributed by atoms with Crippen molar-refractivity contribution in [3.05, 3.63) is 94.5 Å². The van der Waals surface area contributed by atoms with Crippen molar-refractivity contribution in [1.82, 2.24) is 29.9 Å². The van der Waals surface area contributed by atoms with Crippen LogP contribution in [0.25, 0.3) is 12.2 Å². The fourth-order valence-electron chi connectivity index (χ4n) is 5.53. The molecule has 10 N–H and O–H groups in total. The zero-order valence-corrected chi connectivity index (χ0v) is 42.0. The Labute approximate surface area is 421 Å². The maximum atomic E-state index is 12.5. The number of benzene rings is 4. The quantitative estimate of drug-likeness (QED) is 0.0376. The molecule has 0 saturated carbocycles. The summed E-state index contributed by atoms with van der Waals surface area (Å²) >= 11 is 12.0. The van der Waals surface area contributed by atoms with Gasteiger partial charge in [-0.15, -0.1) is 0 Å². The van der Waals surface area contributed by atoms with E-state index in [4.69, 9.17) is 23.2 Å². The largest absolute Gasteiger partial charge is 0.324 e. The van der Waals surface area contributed by atoms with Gasteiger partial charge in [0.1, 0.15) is 19.6 Å². The van der Waals surface area contributed by atoms with Crippen LogP contribution < -0.4 is 21.3 Å². The predicted octanol–water partition coefficient (Wildman–Crippen LogP) is 3.61. The Morgan fingerprint density at radius 1 is 0.377 bits per heavy atom. The van der Waals surface area contributed by atoms with Crippen molar-refractivity contribution >= 4 is 172 Å². The van der Waals surface area contributed by atoms with Gasteiger partial charge in [-0.05, 0) is 95.0 Å². The van der Waals surface area contributed by atoms with E-state index in [0.717, 1.165) is 36.4 Å². The smallest absolute Gasteiger partial charge is 0.296 e. The minimum atomic E-state index is -5.10. The number of nitrogens with one attached hydrogen (secondary N) is 4. The van der Waals surface area contributed by atoms with Crippen molar-refractivity contribution in [1.29, 1.82) is 0 Å². The van der Waals surface area contributed by atoms with E-state index in [0.29, 0.717) is 36.4 Å². The third-order valence-corrected chi connectivity index (χ3v) is 14.0. The van der Waals surface area contributed by atoms with Gasteiger partial charge in [-0.25, -0.2) is 0 Å². The van der Waals surface area contributed by atoms with Crippen LogP contribution >= 0.6 is 23.2 Å². The van der Waals surface area contributed by atoms with Crippen molar-refractivity contribution in [2.75, 3.05) is 21.3 Å². The third kappa shape index (κ3) is 14.3. The van der Waals surface area contributed by atoms with Crippen LogP contribution in [-0.2, 0) is 60.7 Å². The SMILES string of the molecule is O=S(=O)(O)c1ccc(S(=O)(=O)O)c(Nc2nc(Cl)nc(Nc3ccc(C=Cc4ccc(Nc5nc(Cl)nc(Nc6cc(S(=O)(=O)O)ccc6S(=O)(=O)O)n5)cc4S(=O)(=O)O)c(S(=O)(=O)O)c3)n2)c1.[Na]. The van der Waals surface area contributed by atoms with Crippen molar-refractivity contribution in [2.45, 2.75) is 29.4 Å². The number of hydrogen-bond donors (Lipinski definition) is 10. The molecule has 0 bridgehead atoms. The molecule has 37 heteroatoms. The Morgan fingerprint density at radius 3 is 0.971 bits per heavy atom. The maximum absolute atomic E-state index is 12.5. The van der Waals surface area contributed by atoms with Crippen LogP contribution in [-0.4, -0.2) is 137 Å². The molecular formula is C32H24Cl2N10NaO18S6. The molecule has 0 saturated heterocycles. The van der Waals surface area contributed by atoms with Crippen LogP contribution in [0.1, 0.15) is 11.1 Å². The van der Waals surface area contributed by atoms with E-state index < -0.39 is 136 Å². The van der Waals surface area contributed by atoms with Gasteiger partial charge in [-0.3, -0.25) is 27.3 Å². The van der Waals surface area contributed by atoms with Crippen molar-refractivity contribution in [3.63, 3.8) is 0 Å². The summed E-state index contributed by atoms with van der Waals surface area (Å²) in [5.74, 6) is -2.08. The number of hydrogen-bond acceptors (Lipinski definition) is 22. The molecule has 0 amide bonds. The summed E-state index contributed by atoms with van der Waals surface area (Å²) in [6.07, 6.45) is 2.06. The summed E-state index contributed by atoms with van der Waals surface area (Å²) in [6, 6.07) is 10.3. The van der Waals surface area contributed by atoms with E-state index in [9.17, 15) is 77.8 Å². The Hall–Kier alpha value is -5.12. The molecule has 0 aliphatic heterocycles. The van der Waals surface area contributed by atoms with Gasteiger partial charge >= 0.3 is 0 Å². The summed E-state index contributed by atoms with van der Waals surface area (Å²) in [7, 11) is -30.0. The molecule has 69 heavy (non-hydrogen) atoms. The number of halogens is 2. The Balaban J connectivity index is 0.00000888. The van der Waals surface area contributed by atoms with Crippen LogP contribution in [0.5, 0.6) is 0 Å². The average Bonchev–Trinajstić information content (AvgIpc) is 3.18. The van der Waals surface area contributed by atoms with Gasteiger partial charge in [0.05, 0.1) is 21.2 Å². The number of aromatic nitrogens is 6. The summed E-state index contributed by atoms with van der Waals surface area (Å²) in [4.78, 5) is 18.0. The van der Waals surface area contributed by atoms with E-state index in [1.807, 2.05) is 0 Å². The summed E-state index contributed by atoms with van der Waals surface area (Å²) in [5, 5.41) is 8.59. The first kappa shape index (κ1) is 54.8. The Kier molecular flexibility index (Phi) is 16.1. The molecule has 1 radical (unpaired) electrons. The van der Waals surface area contributed by atoms with Gasteiger partial charge < -0.3 is 21.3 Å². The van der Waals surface area contributed by atoms with Gasteiger partial charge in [0.15, 0.2) is 0 Å². The van der Waals surface area contributed by atoms with Gasteiger partial charge in [0.25, 0.3) is 60.7 Å². The second-order valence-corrected chi connectivity index (χ2v) is 22.1. The molecule has 2 heterocycles. The molecule has 6 rings (SSSR count). The van der Waals surface area contributed by atoms with Crippen LogP contribution in [0.15, 0.2) is 102 Å². The van der Waals surface area contributed by atoms with E-state index in [2.05, 4.69) is 51.2 Å². The van der Waals surface area contributed by atoms with Gasteiger partial charge in [-0.2, -0.15) is 80.4 Å². The topological polar surface area (TPSA) is 452 Å². The normalized spacial score (nSPS) is 12.6. The van der Waals surface area contributed by atoms with Crippen LogP contribution in [0, 0.1) is 0 Å². The minimum Gasteiger partial charge on any atom is -0.324 e. The molecular weight excluding hydrogens is 1100 g/mol. The summed E-state index contributed by atoms with van der Waals surface area (Å²) in [5.41, 5.74) is -2.16. The zero-order chi connectivity index (χ0) is 50.4. The molecule has 0 aliphatic carbocycles. The first-order chi connectivity index (χ1) is 31.2. The molecule has 6 aromatic rings. The van der Waals surface area contributed by atoms with Gasteiger partial charge in [0.2, 0.25) is 34.4 Å². The fourth-order valence-corrected chi connectivity index (χ4v) is 9.54. The molecule has 28 nitrogen and oxygen atoms in total. The summed E-state index contributed by atoms with van der Waals surface area (Å²) < 4.78 is 203. The monoisotopic (exact) mass is 1120 g/mol. The summed E-state index contributed by atoms with van der Waals surface area (Å²) in [6.45, 7) is 0. The number of nitrogens with zero attached hydrogens (tertiary/aromatic N) is 6. The van der Waals surface area contributed by atoms with E-state index in [1.54, 1.807) is 0 Å². The second kappa shape index (κ2) is 20.3. The minimum absolute atomic E-state index is 0. The first-order valence-corrected chi connectivity index (χ1v) is 26.6.